The van der Waals surface area contributed by atoms with Gasteiger partial charge in [-0.3, -0.25) is 4.79 Å². The van der Waals surface area contributed by atoms with Gasteiger partial charge < -0.3 is 10.1 Å². The maximum atomic E-state index is 11.9. The van der Waals surface area contributed by atoms with Crippen molar-refractivity contribution in [3.05, 3.63) is 0 Å². The first kappa shape index (κ1) is 14.0. The van der Waals surface area contributed by atoms with Crippen LogP contribution in [0.3, 0.4) is 0 Å². The van der Waals surface area contributed by atoms with Crippen molar-refractivity contribution in [2.45, 2.75) is 51.1 Å². The van der Waals surface area contributed by atoms with Gasteiger partial charge in [-0.25, -0.2) is 0 Å². The molecule has 3 unspecified atom stereocenters. The molecule has 0 saturated heterocycles. The summed E-state index contributed by atoms with van der Waals surface area (Å²) >= 11 is 3.42. The summed E-state index contributed by atoms with van der Waals surface area (Å²) in [6.45, 7) is 8.33. The summed E-state index contributed by atoms with van der Waals surface area (Å²) in [5, 5.41) is 3.09. The van der Waals surface area contributed by atoms with Crippen molar-refractivity contribution in [1.29, 1.82) is 0 Å². The first-order valence-electron chi connectivity index (χ1n) is 5.78. The van der Waals surface area contributed by atoms with Crippen molar-refractivity contribution in [2.75, 3.05) is 7.11 Å². The van der Waals surface area contributed by atoms with Crippen LogP contribution in [0.15, 0.2) is 0 Å². The molecule has 0 aromatic carbocycles. The molecule has 0 spiro atoms. The van der Waals surface area contributed by atoms with Gasteiger partial charge in [-0.15, -0.1) is 0 Å². The fourth-order valence-corrected chi connectivity index (χ4v) is 2.22. The summed E-state index contributed by atoms with van der Waals surface area (Å²) in [5.74, 6) is 0.393. The van der Waals surface area contributed by atoms with Gasteiger partial charge in [-0.2, -0.15) is 0 Å². The Morgan fingerprint density at radius 1 is 1.50 bits per heavy atom. The highest BCUT2D eigenvalue weighted by Gasteiger charge is 2.49. The fraction of sp³-hybridized carbons (Fsp3) is 0.917. The average Bonchev–Trinajstić information content (AvgIpc) is 2.21. The van der Waals surface area contributed by atoms with Crippen molar-refractivity contribution in [1.82, 2.24) is 5.32 Å². The van der Waals surface area contributed by atoms with Crippen LogP contribution in [0.4, 0.5) is 0 Å². The number of nitrogens with one attached hydrogen (secondary N) is 1. The largest absolute Gasteiger partial charge is 0.381 e. The Morgan fingerprint density at radius 3 is 2.44 bits per heavy atom. The first-order chi connectivity index (χ1) is 7.30. The molecule has 0 bridgehead atoms. The summed E-state index contributed by atoms with van der Waals surface area (Å²) in [5.41, 5.74) is 0.0358. The van der Waals surface area contributed by atoms with Crippen molar-refractivity contribution in [3.63, 3.8) is 0 Å². The number of alkyl halides is 1. The van der Waals surface area contributed by atoms with Gasteiger partial charge in [0.1, 0.15) is 0 Å². The molecule has 1 N–H and O–H groups in total. The quantitative estimate of drug-likeness (QED) is 0.808. The van der Waals surface area contributed by atoms with E-state index < -0.39 is 0 Å². The van der Waals surface area contributed by atoms with E-state index in [1.807, 2.05) is 13.8 Å². The van der Waals surface area contributed by atoms with Gasteiger partial charge >= 0.3 is 0 Å². The molecule has 0 heterocycles. The van der Waals surface area contributed by atoms with Gasteiger partial charge in [0, 0.05) is 18.6 Å². The molecule has 0 aromatic rings. The van der Waals surface area contributed by atoms with E-state index in [1.165, 1.54) is 0 Å². The van der Waals surface area contributed by atoms with Crippen molar-refractivity contribution in [2.24, 2.45) is 11.3 Å². The molecule has 1 amide bonds. The highest BCUT2D eigenvalue weighted by molar-refractivity contribution is 9.10. The molecule has 0 aliphatic heterocycles. The number of hydrogen-bond donors (Lipinski definition) is 1. The van der Waals surface area contributed by atoms with Crippen LogP contribution in [0.5, 0.6) is 0 Å². The van der Waals surface area contributed by atoms with Gasteiger partial charge in [-0.05, 0) is 12.3 Å². The van der Waals surface area contributed by atoms with Gasteiger partial charge in [0.05, 0.1) is 10.9 Å². The highest BCUT2D eigenvalue weighted by Crippen LogP contribution is 2.42. The zero-order chi connectivity index (χ0) is 12.5. The standard InChI is InChI=1S/C12H22BrNO2/c1-7(2)10(13)11(15)14-8-6-9(16-5)12(8,3)4/h7-10H,6H2,1-5H3,(H,14,15). The Bertz CT molecular complexity index is 266. The molecule has 1 saturated carbocycles. The molecular formula is C12H22BrNO2. The maximum absolute atomic E-state index is 11.9. The van der Waals surface area contributed by atoms with Crippen molar-refractivity contribution < 1.29 is 9.53 Å². The van der Waals surface area contributed by atoms with E-state index in [4.69, 9.17) is 4.74 Å². The molecule has 1 fully saturated rings. The van der Waals surface area contributed by atoms with Gasteiger partial charge in [-0.1, -0.05) is 43.6 Å². The van der Waals surface area contributed by atoms with Crippen LogP contribution < -0.4 is 5.32 Å². The van der Waals surface area contributed by atoms with Gasteiger partial charge in [0.2, 0.25) is 5.91 Å². The van der Waals surface area contributed by atoms with Crippen molar-refractivity contribution >= 4 is 21.8 Å². The summed E-state index contributed by atoms with van der Waals surface area (Å²) < 4.78 is 5.36. The minimum atomic E-state index is -0.107. The molecular weight excluding hydrogens is 270 g/mol. The van der Waals surface area contributed by atoms with E-state index in [-0.39, 0.29) is 28.3 Å². The summed E-state index contributed by atoms with van der Waals surface area (Å²) in [6.07, 6.45) is 1.16. The SMILES string of the molecule is COC1CC(NC(=O)C(Br)C(C)C)C1(C)C. The van der Waals surface area contributed by atoms with Crippen LogP contribution in [-0.4, -0.2) is 30.0 Å². The number of methoxy groups -OCH3 is 1. The van der Waals surface area contributed by atoms with Crippen LogP contribution in [-0.2, 0) is 9.53 Å². The lowest BCUT2D eigenvalue weighted by Crippen LogP contribution is -2.62. The van der Waals surface area contributed by atoms with E-state index in [9.17, 15) is 4.79 Å². The van der Waals surface area contributed by atoms with Gasteiger partial charge in [0.15, 0.2) is 0 Å². The maximum Gasteiger partial charge on any atom is 0.234 e. The number of hydrogen-bond acceptors (Lipinski definition) is 2. The lowest BCUT2D eigenvalue weighted by molar-refractivity contribution is -0.132. The monoisotopic (exact) mass is 291 g/mol. The van der Waals surface area contributed by atoms with E-state index in [0.29, 0.717) is 5.92 Å². The molecule has 94 valence electrons. The summed E-state index contributed by atoms with van der Waals surface area (Å²) in [4.78, 5) is 11.8. The number of ether oxygens (including phenoxy) is 1. The second kappa shape index (κ2) is 5.05. The Hall–Kier alpha value is -0.0900. The fourth-order valence-electron chi connectivity index (χ4n) is 2.08. The Balaban J connectivity index is 2.49. The minimum Gasteiger partial charge on any atom is -0.381 e. The molecule has 3 nitrogen and oxygen atoms in total. The normalized spacial score (nSPS) is 29.7. The van der Waals surface area contributed by atoms with Crippen LogP contribution in [0.2, 0.25) is 0 Å². The molecule has 1 rings (SSSR count). The second-order valence-electron chi connectivity index (χ2n) is 5.49. The summed E-state index contributed by atoms with van der Waals surface area (Å²) in [7, 11) is 1.73. The number of amides is 1. The lowest BCUT2D eigenvalue weighted by atomic mass is 9.64. The zero-order valence-corrected chi connectivity index (χ0v) is 12.3. The van der Waals surface area contributed by atoms with Crippen LogP contribution >= 0.6 is 15.9 Å². The Labute approximate surface area is 106 Å². The van der Waals surface area contributed by atoms with Crippen LogP contribution in [0, 0.1) is 11.3 Å². The minimum absolute atomic E-state index is 0.0358. The Kier molecular flexibility index (Phi) is 4.41. The Morgan fingerprint density at radius 2 is 2.06 bits per heavy atom. The predicted octanol–water partition coefficient (Wildman–Crippen LogP) is 2.34. The molecule has 1 aliphatic rings. The first-order valence-corrected chi connectivity index (χ1v) is 6.69. The third-order valence-corrected chi connectivity index (χ3v) is 5.09. The third-order valence-electron chi connectivity index (χ3n) is 3.61. The lowest BCUT2D eigenvalue weighted by Gasteiger charge is -2.51. The predicted molar refractivity (Wildman–Crippen MR) is 68.7 cm³/mol. The van der Waals surface area contributed by atoms with Crippen LogP contribution in [0.1, 0.15) is 34.1 Å². The van der Waals surface area contributed by atoms with E-state index in [2.05, 4.69) is 35.1 Å². The van der Waals surface area contributed by atoms with Gasteiger partial charge in [0.25, 0.3) is 0 Å². The number of rotatable bonds is 4. The molecule has 0 aromatic heterocycles. The molecule has 4 heteroatoms. The number of carbonyl (C=O) groups is 1. The van der Waals surface area contributed by atoms with Crippen molar-refractivity contribution in [3.8, 4) is 0 Å². The summed E-state index contributed by atoms with van der Waals surface area (Å²) in [6, 6.07) is 0.226. The third kappa shape index (κ3) is 2.59. The molecule has 3 atom stereocenters. The second-order valence-corrected chi connectivity index (χ2v) is 6.47. The van der Waals surface area contributed by atoms with E-state index in [0.717, 1.165) is 6.42 Å². The molecule has 1 aliphatic carbocycles. The topological polar surface area (TPSA) is 38.3 Å². The average molecular weight is 292 g/mol. The van der Waals surface area contributed by atoms with E-state index in [1.54, 1.807) is 7.11 Å². The van der Waals surface area contributed by atoms with Crippen LogP contribution in [0.25, 0.3) is 0 Å². The smallest absolute Gasteiger partial charge is 0.234 e. The highest BCUT2D eigenvalue weighted by atomic mass is 79.9. The number of carbonyl (C=O) groups excluding carboxylic acids is 1. The molecule has 0 radical (unpaired) electrons. The van der Waals surface area contributed by atoms with E-state index >= 15 is 0 Å². The zero-order valence-electron chi connectivity index (χ0n) is 10.7. The molecule has 16 heavy (non-hydrogen) atoms. The number of halogens is 1.